The lowest BCUT2D eigenvalue weighted by Crippen LogP contribution is -2.43. The minimum Gasteiger partial charge on any atom is -0.317 e. The fourth-order valence-electron chi connectivity index (χ4n) is 1.76. The van der Waals surface area contributed by atoms with Gasteiger partial charge in [-0.05, 0) is 25.9 Å². The van der Waals surface area contributed by atoms with Crippen molar-refractivity contribution in [1.82, 2.24) is 20.5 Å². The maximum absolute atomic E-state index is 12.0. The molecule has 0 radical (unpaired) electrons. The van der Waals surface area contributed by atoms with Crippen LogP contribution in [0, 0.1) is 5.41 Å². The van der Waals surface area contributed by atoms with E-state index < -0.39 is 0 Å². The second-order valence-corrected chi connectivity index (χ2v) is 4.23. The van der Waals surface area contributed by atoms with Gasteiger partial charge < -0.3 is 5.32 Å². The summed E-state index contributed by atoms with van der Waals surface area (Å²) in [5, 5.41) is 13.3. The summed E-state index contributed by atoms with van der Waals surface area (Å²) in [6.07, 6.45) is 4.65. The van der Waals surface area contributed by atoms with E-state index in [-0.39, 0.29) is 17.3 Å². The lowest BCUT2D eigenvalue weighted by Gasteiger charge is -2.32. The normalized spacial score (nSPS) is 19.1. The molecule has 0 unspecified atom stereocenters. The van der Waals surface area contributed by atoms with Gasteiger partial charge in [-0.15, -0.1) is 5.10 Å². The quantitative estimate of drug-likeness (QED) is 0.745. The van der Waals surface area contributed by atoms with Gasteiger partial charge in [-0.2, -0.15) is 5.10 Å². The van der Waals surface area contributed by atoms with Crippen molar-refractivity contribution in [1.29, 1.82) is 0 Å². The first-order valence-electron chi connectivity index (χ1n) is 5.37. The van der Waals surface area contributed by atoms with Gasteiger partial charge in [-0.1, -0.05) is 6.92 Å². The molecule has 1 aliphatic rings. The zero-order valence-corrected chi connectivity index (χ0v) is 9.23. The zero-order valence-electron chi connectivity index (χ0n) is 9.23. The number of aromatic nitrogens is 3. The van der Waals surface area contributed by atoms with E-state index in [1.165, 1.54) is 12.4 Å². The summed E-state index contributed by atoms with van der Waals surface area (Å²) in [6.45, 7) is 3.72. The van der Waals surface area contributed by atoms with Crippen molar-refractivity contribution >= 4 is 11.9 Å². The first-order chi connectivity index (χ1) is 7.71. The van der Waals surface area contributed by atoms with Crippen molar-refractivity contribution in [3.8, 4) is 0 Å². The summed E-state index contributed by atoms with van der Waals surface area (Å²) in [6, 6.07) is 0. The minimum atomic E-state index is -0.329. The largest absolute Gasteiger partial charge is 0.317 e. The van der Waals surface area contributed by atoms with E-state index >= 15 is 0 Å². The molecule has 0 aromatic carbocycles. The first kappa shape index (κ1) is 10.9. The molecule has 0 bridgehead atoms. The molecular formula is C10H15N5O. The predicted octanol–water partition coefficient (Wildman–Crippen LogP) is 0.200. The van der Waals surface area contributed by atoms with E-state index in [9.17, 15) is 4.79 Å². The highest BCUT2D eigenvalue weighted by molar-refractivity contribution is 5.93. The Hall–Kier alpha value is -1.56. The van der Waals surface area contributed by atoms with E-state index in [2.05, 4.69) is 25.8 Å². The summed E-state index contributed by atoms with van der Waals surface area (Å²) >= 11 is 0. The average molecular weight is 221 g/mol. The summed E-state index contributed by atoms with van der Waals surface area (Å²) in [4.78, 5) is 16.0. The van der Waals surface area contributed by atoms with Crippen LogP contribution in [0.25, 0.3) is 0 Å². The van der Waals surface area contributed by atoms with Gasteiger partial charge in [0.05, 0.1) is 12.4 Å². The number of hydrogen-bond donors (Lipinski definition) is 2. The fraction of sp³-hybridized carbons (Fsp3) is 0.600. The fourth-order valence-corrected chi connectivity index (χ4v) is 1.76. The molecule has 1 saturated heterocycles. The second kappa shape index (κ2) is 4.52. The Morgan fingerprint density at radius 2 is 2.19 bits per heavy atom. The van der Waals surface area contributed by atoms with Crippen LogP contribution < -0.4 is 10.6 Å². The highest BCUT2D eigenvalue weighted by atomic mass is 16.2. The van der Waals surface area contributed by atoms with E-state index in [0.717, 1.165) is 25.9 Å². The third-order valence-corrected chi connectivity index (χ3v) is 2.96. The number of anilines is 1. The van der Waals surface area contributed by atoms with Crippen molar-refractivity contribution in [3.05, 3.63) is 12.4 Å². The number of piperidine rings is 1. The van der Waals surface area contributed by atoms with Crippen LogP contribution >= 0.6 is 0 Å². The molecule has 2 heterocycles. The van der Waals surface area contributed by atoms with Crippen LogP contribution in [0.3, 0.4) is 0 Å². The van der Waals surface area contributed by atoms with E-state index in [4.69, 9.17) is 0 Å². The molecule has 0 aliphatic carbocycles. The van der Waals surface area contributed by atoms with Crippen molar-refractivity contribution in [2.24, 2.45) is 5.41 Å². The molecule has 86 valence electrons. The number of rotatable bonds is 2. The van der Waals surface area contributed by atoms with E-state index in [0.29, 0.717) is 0 Å². The van der Waals surface area contributed by atoms with Crippen molar-refractivity contribution in [2.75, 3.05) is 18.4 Å². The number of carbonyl (C=O) groups excluding carboxylic acids is 1. The second-order valence-electron chi connectivity index (χ2n) is 4.23. The summed E-state index contributed by atoms with van der Waals surface area (Å²) in [5.74, 6) is 0.245. The molecule has 6 nitrogen and oxygen atoms in total. The zero-order chi connectivity index (χ0) is 11.4. The van der Waals surface area contributed by atoms with Crippen LogP contribution in [0.5, 0.6) is 0 Å². The number of nitrogens with one attached hydrogen (secondary N) is 2. The first-order valence-corrected chi connectivity index (χ1v) is 5.37. The van der Waals surface area contributed by atoms with Crippen LogP contribution in [-0.4, -0.2) is 34.2 Å². The lowest BCUT2D eigenvalue weighted by atomic mass is 9.80. The van der Waals surface area contributed by atoms with Gasteiger partial charge in [0.2, 0.25) is 11.9 Å². The predicted molar refractivity (Wildman–Crippen MR) is 58.7 cm³/mol. The Bertz CT molecular complexity index is 361. The van der Waals surface area contributed by atoms with Crippen LogP contribution in [-0.2, 0) is 4.79 Å². The average Bonchev–Trinajstić information content (AvgIpc) is 2.31. The maximum Gasteiger partial charge on any atom is 0.249 e. The van der Waals surface area contributed by atoms with Gasteiger partial charge in [0, 0.05) is 5.41 Å². The van der Waals surface area contributed by atoms with Gasteiger partial charge in [0.25, 0.3) is 0 Å². The maximum atomic E-state index is 12.0. The standard InChI is InChI=1S/C10H15N5O/c1-10(2-4-11-5-3-10)8(16)14-9-12-6-7-13-15-9/h6-7,11H,2-5H2,1H3,(H,12,14,15,16). The monoisotopic (exact) mass is 221 g/mol. The van der Waals surface area contributed by atoms with Crippen molar-refractivity contribution < 1.29 is 4.79 Å². The third kappa shape index (κ3) is 2.33. The van der Waals surface area contributed by atoms with Crippen LogP contribution in [0.1, 0.15) is 19.8 Å². The lowest BCUT2D eigenvalue weighted by molar-refractivity contribution is -0.126. The highest BCUT2D eigenvalue weighted by Crippen LogP contribution is 2.28. The smallest absolute Gasteiger partial charge is 0.249 e. The van der Waals surface area contributed by atoms with E-state index in [1.807, 2.05) is 6.92 Å². The Morgan fingerprint density at radius 3 is 2.81 bits per heavy atom. The third-order valence-electron chi connectivity index (χ3n) is 2.96. The summed E-state index contributed by atoms with van der Waals surface area (Å²) < 4.78 is 0. The van der Waals surface area contributed by atoms with Crippen LogP contribution in [0.15, 0.2) is 12.4 Å². The Labute approximate surface area is 93.9 Å². The Balaban J connectivity index is 2.02. The number of amides is 1. The minimum absolute atomic E-state index is 0.0259. The number of carbonyl (C=O) groups is 1. The molecule has 2 rings (SSSR count). The highest BCUT2D eigenvalue weighted by Gasteiger charge is 2.34. The van der Waals surface area contributed by atoms with Gasteiger partial charge in [-0.25, -0.2) is 4.98 Å². The molecule has 0 saturated carbocycles. The summed E-state index contributed by atoms with van der Waals surface area (Å²) in [7, 11) is 0. The van der Waals surface area contributed by atoms with Gasteiger partial charge in [-0.3, -0.25) is 10.1 Å². The van der Waals surface area contributed by atoms with Gasteiger partial charge >= 0.3 is 0 Å². The molecule has 6 heteroatoms. The Kier molecular flexibility index (Phi) is 3.09. The van der Waals surface area contributed by atoms with Gasteiger partial charge in [0.1, 0.15) is 0 Å². The topological polar surface area (TPSA) is 79.8 Å². The molecule has 1 aliphatic heterocycles. The molecule has 1 fully saturated rings. The SMILES string of the molecule is CC1(C(=O)Nc2nccnn2)CCNCC1. The van der Waals surface area contributed by atoms with Crippen LogP contribution in [0.2, 0.25) is 0 Å². The summed E-state index contributed by atoms with van der Waals surface area (Å²) in [5.41, 5.74) is -0.329. The van der Waals surface area contributed by atoms with Gasteiger partial charge in [0.15, 0.2) is 0 Å². The number of hydrogen-bond acceptors (Lipinski definition) is 5. The van der Waals surface area contributed by atoms with Crippen LogP contribution in [0.4, 0.5) is 5.95 Å². The molecule has 0 spiro atoms. The molecule has 2 N–H and O–H groups in total. The molecule has 16 heavy (non-hydrogen) atoms. The molecule has 1 aromatic heterocycles. The molecule has 1 amide bonds. The Morgan fingerprint density at radius 1 is 1.44 bits per heavy atom. The molecular weight excluding hydrogens is 206 g/mol. The van der Waals surface area contributed by atoms with E-state index in [1.54, 1.807) is 0 Å². The molecule has 0 atom stereocenters. The number of nitrogens with zero attached hydrogens (tertiary/aromatic N) is 3. The van der Waals surface area contributed by atoms with Crippen molar-refractivity contribution in [3.63, 3.8) is 0 Å². The van der Waals surface area contributed by atoms with Crippen molar-refractivity contribution in [2.45, 2.75) is 19.8 Å². The molecule has 1 aromatic rings.